The zero-order valence-corrected chi connectivity index (χ0v) is 16.6. The van der Waals surface area contributed by atoms with Crippen molar-refractivity contribution in [2.45, 2.75) is 39.2 Å². The van der Waals surface area contributed by atoms with E-state index in [9.17, 15) is 14.4 Å². The smallest absolute Gasteiger partial charge is 0.244 e. The molecule has 0 saturated carbocycles. The Kier molecular flexibility index (Phi) is 6.49. The molecule has 1 atom stereocenters. The molecule has 3 amide bonds. The molecule has 0 bridgehead atoms. The Labute approximate surface area is 165 Å². The molecule has 148 valence electrons. The van der Waals surface area contributed by atoms with E-state index in [0.29, 0.717) is 24.5 Å². The van der Waals surface area contributed by atoms with Crippen molar-refractivity contribution in [3.8, 4) is 0 Å². The molecule has 2 aliphatic rings. The fraction of sp³-hybridized carbons (Fsp3) is 0.526. The second kappa shape index (κ2) is 8.27. The first-order chi connectivity index (χ1) is 12.3. The van der Waals surface area contributed by atoms with E-state index in [-0.39, 0.29) is 61.0 Å². The number of nitrogens with one attached hydrogen (secondary N) is 1. The van der Waals surface area contributed by atoms with E-state index >= 15 is 0 Å². The number of likely N-dealkylation sites (tertiary alicyclic amines) is 1. The summed E-state index contributed by atoms with van der Waals surface area (Å²) in [4.78, 5) is 40.2. The fourth-order valence-electron chi connectivity index (χ4n) is 3.55. The maximum Gasteiger partial charge on any atom is 0.244 e. The molecule has 1 aromatic carbocycles. The molecular weight excluding hydrogens is 368 g/mol. The normalized spacial score (nSPS) is 21.0. The summed E-state index contributed by atoms with van der Waals surface area (Å²) in [7, 11) is 0. The highest BCUT2D eigenvalue weighted by molar-refractivity contribution is 6.10. The number of hydrogen-bond donors (Lipinski definition) is 2. The Bertz CT molecular complexity index is 737. The summed E-state index contributed by atoms with van der Waals surface area (Å²) < 4.78 is 0. The molecule has 1 fully saturated rings. The van der Waals surface area contributed by atoms with Gasteiger partial charge < -0.3 is 20.9 Å². The zero-order chi connectivity index (χ0) is 18.9. The minimum atomic E-state index is -0.227. The van der Waals surface area contributed by atoms with Crippen LogP contribution < -0.4 is 16.0 Å². The van der Waals surface area contributed by atoms with Gasteiger partial charge in [0.05, 0.1) is 11.4 Å². The van der Waals surface area contributed by atoms with Crippen LogP contribution in [0.5, 0.6) is 0 Å². The maximum atomic E-state index is 12.6. The molecule has 0 spiro atoms. The topological polar surface area (TPSA) is 95.7 Å². The number of benzene rings is 1. The van der Waals surface area contributed by atoms with Gasteiger partial charge in [-0.2, -0.15) is 0 Å². The van der Waals surface area contributed by atoms with Crippen molar-refractivity contribution in [1.82, 2.24) is 4.90 Å². The molecule has 1 aromatic rings. The number of fused-ring (bicyclic) bond motifs is 1. The Balaban J connectivity index is 0.00000261. The molecule has 2 heterocycles. The van der Waals surface area contributed by atoms with E-state index in [1.807, 2.05) is 6.07 Å². The quantitative estimate of drug-likeness (QED) is 0.816. The van der Waals surface area contributed by atoms with Crippen LogP contribution in [0, 0.1) is 5.41 Å². The summed E-state index contributed by atoms with van der Waals surface area (Å²) in [6.07, 6.45) is 1.00. The SMILES string of the molecule is CC1(C)CN(C(=O)CCC(=O)N2CC(=O)Nc3ccccc32)CCC1N.Cl. The van der Waals surface area contributed by atoms with Gasteiger partial charge in [0.2, 0.25) is 17.7 Å². The van der Waals surface area contributed by atoms with Gasteiger partial charge in [-0.25, -0.2) is 0 Å². The third kappa shape index (κ3) is 4.59. The highest BCUT2D eigenvalue weighted by atomic mass is 35.5. The number of anilines is 2. The van der Waals surface area contributed by atoms with E-state index in [1.165, 1.54) is 4.90 Å². The number of halogens is 1. The average Bonchev–Trinajstić information content (AvgIpc) is 2.60. The second-order valence-corrected chi connectivity index (χ2v) is 7.74. The van der Waals surface area contributed by atoms with Crippen LogP contribution in [0.4, 0.5) is 11.4 Å². The van der Waals surface area contributed by atoms with E-state index in [1.54, 1.807) is 23.1 Å². The van der Waals surface area contributed by atoms with Gasteiger partial charge in [0.1, 0.15) is 6.54 Å². The van der Waals surface area contributed by atoms with Crippen molar-refractivity contribution < 1.29 is 14.4 Å². The lowest BCUT2D eigenvalue weighted by Gasteiger charge is -2.42. The van der Waals surface area contributed by atoms with Crippen LogP contribution in [0.2, 0.25) is 0 Å². The minimum absolute atomic E-state index is 0. The van der Waals surface area contributed by atoms with Crippen molar-refractivity contribution in [1.29, 1.82) is 0 Å². The van der Waals surface area contributed by atoms with E-state index in [4.69, 9.17) is 5.73 Å². The predicted octanol–water partition coefficient (Wildman–Crippen LogP) is 1.76. The van der Waals surface area contributed by atoms with Crippen molar-refractivity contribution in [3.05, 3.63) is 24.3 Å². The number of rotatable bonds is 3. The van der Waals surface area contributed by atoms with Gasteiger partial charge in [-0.05, 0) is 24.0 Å². The number of piperidine rings is 1. The summed E-state index contributed by atoms with van der Waals surface area (Å²) in [6, 6.07) is 7.26. The number of carbonyl (C=O) groups excluding carboxylic acids is 3. The molecule has 8 heteroatoms. The van der Waals surface area contributed by atoms with Crippen LogP contribution in [-0.4, -0.2) is 48.3 Å². The molecule has 3 N–H and O–H groups in total. The van der Waals surface area contributed by atoms with Gasteiger partial charge in [-0.3, -0.25) is 14.4 Å². The largest absolute Gasteiger partial charge is 0.342 e. The Morgan fingerprint density at radius 2 is 1.89 bits per heavy atom. The first kappa shape index (κ1) is 21.2. The first-order valence-corrected chi connectivity index (χ1v) is 9.00. The van der Waals surface area contributed by atoms with Crippen LogP contribution in [-0.2, 0) is 14.4 Å². The lowest BCUT2D eigenvalue weighted by molar-refractivity contribution is -0.136. The first-order valence-electron chi connectivity index (χ1n) is 9.00. The molecule has 0 radical (unpaired) electrons. The summed E-state index contributed by atoms with van der Waals surface area (Å²) in [5, 5.41) is 2.75. The maximum absolute atomic E-state index is 12.6. The van der Waals surface area contributed by atoms with E-state index in [0.717, 1.165) is 6.42 Å². The molecular formula is C19H27ClN4O3. The number of para-hydroxylation sites is 2. The number of amides is 3. The van der Waals surface area contributed by atoms with Gasteiger partial charge in [-0.15, -0.1) is 12.4 Å². The van der Waals surface area contributed by atoms with E-state index < -0.39 is 0 Å². The molecule has 7 nitrogen and oxygen atoms in total. The second-order valence-electron chi connectivity index (χ2n) is 7.74. The van der Waals surface area contributed by atoms with Crippen LogP contribution >= 0.6 is 12.4 Å². The van der Waals surface area contributed by atoms with E-state index in [2.05, 4.69) is 19.2 Å². The van der Waals surface area contributed by atoms with Crippen molar-refractivity contribution in [2.24, 2.45) is 11.1 Å². The molecule has 3 rings (SSSR count). The van der Waals surface area contributed by atoms with Crippen molar-refractivity contribution in [2.75, 3.05) is 29.9 Å². The lowest BCUT2D eigenvalue weighted by Crippen LogP contribution is -2.54. The van der Waals surface area contributed by atoms with Gasteiger partial charge in [0.15, 0.2) is 0 Å². The van der Waals surface area contributed by atoms with Crippen molar-refractivity contribution >= 4 is 41.5 Å². The summed E-state index contributed by atoms with van der Waals surface area (Å²) in [6.45, 7) is 5.34. The van der Waals surface area contributed by atoms with Gasteiger partial charge in [0, 0.05) is 32.0 Å². The fourth-order valence-corrected chi connectivity index (χ4v) is 3.55. The minimum Gasteiger partial charge on any atom is -0.342 e. The van der Waals surface area contributed by atoms with Crippen LogP contribution in [0.3, 0.4) is 0 Å². The lowest BCUT2D eigenvalue weighted by atomic mass is 9.79. The number of nitrogens with zero attached hydrogens (tertiary/aromatic N) is 2. The Hall–Kier alpha value is -2.12. The molecule has 1 saturated heterocycles. The molecule has 0 aliphatic carbocycles. The van der Waals surface area contributed by atoms with Gasteiger partial charge in [0.25, 0.3) is 0 Å². The molecule has 0 aromatic heterocycles. The monoisotopic (exact) mass is 394 g/mol. The standard InChI is InChI=1S/C19H26N4O3.ClH/c1-19(2)12-22(10-9-15(19)20)17(25)7-8-18(26)23-11-16(24)21-13-5-3-4-6-14(13)23;/h3-6,15H,7-12,20H2,1-2H3,(H,21,24);1H. The number of hydrogen-bond acceptors (Lipinski definition) is 4. The van der Waals surface area contributed by atoms with Crippen LogP contribution in [0.15, 0.2) is 24.3 Å². The zero-order valence-electron chi connectivity index (χ0n) is 15.7. The third-order valence-electron chi connectivity index (χ3n) is 5.29. The van der Waals surface area contributed by atoms with Crippen LogP contribution in [0.25, 0.3) is 0 Å². The predicted molar refractivity (Wildman–Crippen MR) is 107 cm³/mol. The third-order valence-corrected chi connectivity index (χ3v) is 5.29. The Morgan fingerprint density at radius 3 is 2.59 bits per heavy atom. The molecule has 27 heavy (non-hydrogen) atoms. The van der Waals surface area contributed by atoms with Crippen LogP contribution in [0.1, 0.15) is 33.1 Å². The van der Waals surface area contributed by atoms with Gasteiger partial charge >= 0.3 is 0 Å². The molecule has 2 aliphatic heterocycles. The summed E-state index contributed by atoms with van der Waals surface area (Å²) in [5.41, 5.74) is 7.29. The summed E-state index contributed by atoms with van der Waals surface area (Å²) in [5.74, 6) is -0.475. The average molecular weight is 395 g/mol. The van der Waals surface area contributed by atoms with Gasteiger partial charge in [-0.1, -0.05) is 26.0 Å². The van der Waals surface area contributed by atoms with Crippen molar-refractivity contribution in [3.63, 3.8) is 0 Å². The molecule has 1 unspecified atom stereocenters. The number of nitrogens with two attached hydrogens (primary N) is 1. The Morgan fingerprint density at radius 1 is 1.22 bits per heavy atom. The number of carbonyl (C=O) groups is 3. The highest BCUT2D eigenvalue weighted by Gasteiger charge is 2.35. The highest BCUT2D eigenvalue weighted by Crippen LogP contribution is 2.30. The summed E-state index contributed by atoms with van der Waals surface area (Å²) >= 11 is 0.